The minimum Gasteiger partial charge on any atom is -0.352 e. The van der Waals surface area contributed by atoms with Crippen molar-refractivity contribution < 1.29 is 0 Å². The molecule has 1 fully saturated rings. The fraction of sp³-hybridized carbons (Fsp3) is 0.375. The van der Waals surface area contributed by atoms with Crippen molar-refractivity contribution >= 4 is 40.0 Å². The number of halogens is 1. The third-order valence-corrected chi connectivity index (χ3v) is 4.24. The molecule has 2 aromatic rings. The van der Waals surface area contributed by atoms with Crippen LogP contribution in [0.1, 0.15) is 38.3 Å². The van der Waals surface area contributed by atoms with Gasteiger partial charge < -0.3 is 10.6 Å². The van der Waals surface area contributed by atoms with Gasteiger partial charge in [0.1, 0.15) is 5.82 Å². The van der Waals surface area contributed by atoms with Crippen LogP contribution in [0.25, 0.3) is 0 Å². The van der Waals surface area contributed by atoms with E-state index in [0.717, 1.165) is 17.2 Å². The van der Waals surface area contributed by atoms with Crippen molar-refractivity contribution in [2.75, 3.05) is 10.6 Å². The first-order chi connectivity index (χ1) is 10.1. The summed E-state index contributed by atoms with van der Waals surface area (Å²) in [6.07, 6.45) is 2.47. The molecule has 1 aliphatic rings. The van der Waals surface area contributed by atoms with E-state index in [9.17, 15) is 0 Å². The molecule has 1 heterocycles. The Morgan fingerprint density at radius 1 is 1.19 bits per heavy atom. The van der Waals surface area contributed by atoms with Crippen molar-refractivity contribution in [1.29, 1.82) is 0 Å². The van der Waals surface area contributed by atoms with Crippen LogP contribution in [0.4, 0.5) is 17.5 Å². The molecule has 21 heavy (non-hydrogen) atoms. The molecule has 0 saturated heterocycles. The van der Waals surface area contributed by atoms with Gasteiger partial charge in [-0.3, -0.25) is 0 Å². The number of rotatable bonds is 5. The Bertz CT molecular complexity index is 638. The second-order valence-corrected chi connectivity index (χ2v) is 6.84. The summed E-state index contributed by atoms with van der Waals surface area (Å²) in [5.41, 5.74) is 2.22. The van der Waals surface area contributed by atoms with Gasteiger partial charge in [-0.25, -0.2) is 4.98 Å². The van der Waals surface area contributed by atoms with Crippen molar-refractivity contribution in [3.63, 3.8) is 0 Å². The van der Waals surface area contributed by atoms with Gasteiger partial charge in [0, 0.05) is 21.6 Å². The van der Waals surface area contributed by atoms with Crippen molar-refractivity contribution in [1.82, 2.24) is 9.97 Å². The summed E-state index contributed by atoms with van der Waals surface area (Å²) in [5.74, 6) is 2.18. The Labute approximate surface area is 138 Å². The molecule has 0 spiro atoms. The first kappa shape index (κ1) is 14.6. The maximum Gasteiger partial charge on any atom is 0.225 e. The summed E-state index contributed by atoms with van der Waals surface area (Å²) in [6, 6.07) is 10.6. The zero-order chi connectivity index (χ0) is 14.8. The van der Waals surface area contributed by atoms with Crippen LogP contribution in [0.5, 0.6) is 0 Å². The predicted octanol–water partition coefficient (Wildman–Crippen LogP) is 4.52. The number of benzene rings is 1. The van der Waals surface area contributed by atoms with E-state index < -0.39 is 0 Å². The molecule has 0 aliphatic heterocycles. The van der Waals surface area contributed by atoms with E-state index in [1.807, 2.05) is 12.1 Å². The highest BCUT2D eigenvalue weighted by Gasteiger charge is 2.26. The topological polar surface area (TPSA) is 49.8 Å². The zero-order valence-electron chi connectivity index (χ0n) is 12.2. The van der Waals surface area contributed by atoms with E-state index in [2.05, 4.69) is 75.2 Å². The fourth-order valence-electron chi connectivity index (χ4n) is 2.14. The Hall–Kier alpha value is -1.37. The summed E-state index contributed by atoms with van der Waals surface area (Å²) in [4.78, 5) is 9.22. The molecule has 1 aliphatic carbocycles. The Kier molecular flexibility index (Phi) is 4.28. The van der Waals surface area contributed by atoms with Crippen molar-refractivity contribution in [2.45, 2.75) is 38.6 Å². The van der Waals surface area contributed by atoms with E-state index >= 15 is 0 Å². The molecule has 110 valence electrons. The summed E-state index contributed by atoms with van der Waals surface area (Å²) in [5, 5.41) is 6.71. The number of nitrogens with one attached hydrogen (secondary N) is 2. The summed E-state index contributed by atoms with van der Waals surface area (Å²) in [7, 11) is 0. The standard InChI is InChI=1S/C16H19IN4/c1-10(2)18-16-20-14(11-7-8-11)9-15(21-16)19-13-6-4-3-5-12(13)17/h3-6,9-11H,7-8H2,1-2H3,(H2,18,19,20,21). The van der Waals surface area contributed by atoms with Crippen LogP contribution in [-0.4, -0.2) is 16.0 Å². The maximum absolute atomic E-state index is 4.64. The van der Waals surface area contributed by atoms with Crippen molar-refractivity contribution in [3.8, 4) is 0 Å². The van der Waals surface area contributed by atoms with Crippen LogP contribution in [0, 0.1) is 3.57 Å². The van der Waals surface area contributed by atoms with Gasteiger partial charge in [-0.05, 0) is 61.4 Å². The fourth-order valence-corrected chi connectivity index (χ4v) is 2.66. The van der Waals surface area contributed by atoms with Crippen LogP contribution < -0.4 is 10.6 Å². The number of hydrogen-bond donors (Lipinski definition) is 2. The molecule has 0 atom stereocenters. The lowest BCUT2D eigenvalue weighted by molar-refractivity contribution is 0.864. The zero-order valence-corrected chi connectivity index (χ0v) is 14.4. The molecule has 5 heteroatoms. The molecule has 1 aromatic carbocycles. The average molecular weight is 394 g/mol. The molecule has 0 amide bonds. The molecular weight excluding hydrogens is 375 g/mol. The number of para-hydroxylation sites is 1. The molecular formula is C16H19IN4. The van der Waals surface area contributed by atoms with Gasteiger partial charge in [0.25, 0.3) is 0 Å². The molecule has 2 N–H and O–H groups in total. The first-order valence-corrected chi connectivity index (χ1v) is 8.37. The molecule has 4 nitrogen and oxygen atoms in total. The monoisotopic (exact) mass is 394 g/mol. The Morgan fingerprint density at radius 2 is 1.95 bits per heavy atom. The SMILES string of the molecule is CC(C)Nc1nc(Nc2ccccc2I)cc(C2CC2)n1. The molecule has 1 aromatic heterocycles. The van der Waals surface area contributed by atoms with E-state index in [1.54, 1.807) is 0 Å². The van der Waals surface area contributed by atoms with Crippen LogP contribution >= 0.6 is 22.6 Å². The van der Waals surface area contributed by atoms with Gasteiger partial charge in [0.2, 0.25) is 5.95 Å². The molecule has 1 saturated carbocycles. The third-order valence-electron chi connectivity index (χ3n) is 3.30. The quantitative estimate of drug-likeness (QED) is 0.733. The molecule has 0 bridgehead atoms. The molecule has 3 rings (SSSR count). The second kappa shape index (κ2) is 6.17. The van der Waals surface area contributed by atoms with Crippen LogP contribution in [-0.2, 0) is 0 Å². The lowest BCUT2D eigenvalue weighted by Gasteiger charge is -2.13. The van der Waals surface area contributed by atoms with E-state index in [4.69, 9.17) is 0 Å². The van der Waals surface area contributed by atoms with E-state index in [1.165, 1.54) is 16.4 Å². The summed E-state index contributed by atoms with van der Waals surface area (Å²) in [6.45, 7) is 4.20. The lowest BCUT2D eigenvalue weighted by Crippen LogP contribution is -2.14. The van der Waals surface area contributed by atoms with E-state index in [0.29, 0.717) is 17.9 Å². The molecule has 0 radical (unpaired) electrons. The molecule has 0 unspecified atom stereocenters. The second-order valence-electron chi connectivity index (χ2n) is 5.68. The van der Waals surface area contributed by atoms with Gasteiger partial charge in [-0.15, -0.1) is 0 Å². The van der Waals surface area contributed by atoms with Gasteiger partial charge in [0.05, 0.1) is 11.4 Å². The van der Waals surface area contributed by atoms with Gasteiger partial charge in [-0.2, -0.15) is 4.98 Å². The minimum atomic E-state index is 0.323. The lowest BCUT2D eigenvalue weighted by atomic mass is 10.2. The highest BCUT2D eigenvalue weighted by atomic mass is 127. The number of anilines is 3. The van der Waals surface area contributed by atoms with Gasteiger partial charge in [-0.1, -0.05) is 12.1 Å². The van der Waals surface area contributed by atoms with Crippen LogP contribution in [0.3, 0.4) is 0 Å². The smallest absolute Gasteiger partial charge is 0.225 e. The predicted molar refractivity (Wildman–Crippen MR) is 95.2 cm³/mol. The average Bonchev–Trinajstić information content (AvgIpc) is 3.25. The third kappa shape index (κ3) is 3.84. The normalized spacial score (nSPS) is 14.3. The minimum absolute atomic E-state index is 0.323. The number of hydrogen-bond acceptors (Lipinski definition) is 4. The maximum atomic E-state index is 4.64. The first-order valence-electron chi connectivity index (χ1n) is 7.29. The Balaban J connectivity index is 1.89. The van der Waals surface area contributed by atoms with Gasteiger partial charge in [0.15, 0.2) is 0 Å². The largest absolute Gasteiger partial charge is 0.352 e. The van der Waals surface area contributed by atoms with Crippen LogP contribution in [0.2, 0.25) is 0 Å². The van der Waals surface area contributed by atoms with Crippen molar-refractivity contribution in [2.24, 2.45) is 0 Å². The van der Waals surface area contributed by atoms with Crippen molar-refractivity contribution in [3.05, 3.63) is 39.6 Å². The van der Waals surface area contributed by atoms with E-state index in [-0.39, 0.29) is 0 Å². The summed E-state index contributed by atoms with van der Waals surface area (Å²) >= 11 is 2.33. The van der Waals surface area contributed by atoms with Crippen LogP contribution in [0.15, 0.2) is 30.3 Å². The number of aromatic nitrogens is 2. The number of nitrogens with zero attached hydrogens (tertiary/aromatic N) is 2. The highest BCUT2D eigenvalue weighted by molar-refractivity contribution is 14.1. The summed E-state index contributed by atoms with van der Waals surface area (Å²) < 4.78 is 1.18. The highest BCUT2D eigenvalue weighted by Crippen LogP contribution is 2.40. The van der Waals surface area contributed by atoms with Gasteiger partial charge >= 0.3 is 0 Å². The Morgan fingerprint density at radius 3 is 2.62 bits per heavy atom.